The first-order valence-electron chi connectivity index (χ1n) is 15.1. The van der Waals surface area contributed by atoms with E-state index in [9.17, 15) is 4.79 Å². The zero-order valence-electron chi connectivity index (χ0n) is 24.8. The van der Waals surface area contributed by atoms with Crippen LogP contribution in [0.1, 0.15) is 48.3 Å². The Morgan fingerprint density at radius 3 is 2.14 bits per heavy atom. The summed E-state index contributed by atoms with van der Waals surface area (Å²) in [7, 11) is 3.86. The Morgan fingerprint density at radius 2 is 1.48 bits per heavy atom. The summed E-state index contributed by atoms with van der Waals surface area (Å²) < 4.78 is 0. The molecular weight excluding hydrogens is 565 g/mol. The van der Waals surface area contributed by atoms with Crippen LogP contribution >= 0.6 is 23.2 Å². The van der Waals surface area contributed by atoms with Gasteiger partial charge in [-0.15, -0.1) is 0 Å². The number of amides is 2. The number of nitrogens with zero attached hydrogens (tertiary/aromatic N) is 2. The van der Waals surface area contributed by atoms with Crippen LogP contribution in [-0.4, -0.2) is 62.7 Å². The fraction of sp³-hybridized carbons (Fsp3) is 0.441. The van der Waals surface area contributed by atoms with Crippen molar-refractivity contribution in [1.82, 2.24) is 20.4 Å². The summed E-state index contributed by atoms with van der Waals surface area (Å²) in [5, 5.41) is 10.5. The van der Waals surface area contributed by atoms with Crippen LogP contribution in [0.2, 0.25) is 10.0 Å². The summed E-state index contributed by atoms with van der Waals surface area (Å²) in [6, 6.07) is 21.5. The molecule has 2 fully saturated rings. The number of urea groups is 1. The summed E-state index contributed by atoms with van der Waals surface area (Å²) in [5.74, 6) is 1.18. The van der Waals surface area contributed by atoms with E-state index in [4.69, 9.17) is 23.2 Å². The number of carbonyl (C=O) groups excluding carboxylic acids is 1. The Morgan fingerprint density at radius 1 is 0.833 bits per heavy atom. The van der Waals surface area contributed by atoms with Gasteiger partial charge in [-0.25, -0.2) is 4.79 Å². The Hall–Kier alpha value is -2.77. The number of likely N-dealkylation sites (tertiary alicyclic amines) is 2. The molecule has 3 aromatic carbocycles. The fourth-order valence-electron chi connectivity index (χ4n) is 6.19. The van der Waals surface area contributed by atoms with Crippen LogP contribution in [0.25, 0.3) is 11.1 Å². The zero-order chi connectivity index (χ0) is 29.5. The summed E-state index contributed by atoms with van der Waals surface area (Å²) in [4.78, 5) is 16.5. The van der Waals surface area contributed by atoms with E-state index in [1.54, 1.807) is 13.1 Å². The maximum Gasteiger partial charge on any atom is 0.314 e. The van der Waals surface area contributed by atoms with Crippen molar-refractivity contribution in [2.24, 2.45) is 5.92 Å². The highest BCUT2D eigenvalue weighted by atomic mass is 35.5. The van der Waals surface area contributed by atoms with E-state index in [2.05, 4.69) is 75.3 Å². The van der Waals surface area contributed by atoms with E-state index in [0.717, 1.165) is 62.4 Å². The molecule has 2 aliphatic rings. The Bertz CT molecular complexity index is 1310. The van der Waals surface area contributed by atoms with Gasteiger partial charge in [-0.05, 0) is 141 Å². The molecule has 5 rings (SSSR count). The molecule has 0 bridgehead atoms. The van der Waals surface area contributed by atoms with Gasteiger partial charge in [0, 0.05) is 42.4 Å². The third-order valence-electron chi connectivity index (χ3n) is 8.74. The molecular formula is C34H43Cl2N5O. The highest BCUT2D eigenvalue weighted by Gasteiger charge is 2.21. The van der Waals surface area contributed by atoms with Crippen LogP contribution in [0.5, 0.6) is 0 Å². The number of rotatable bonds is 9. The number of carbonyl (C=O) groups is 1. The van der Waals surface area contributed by atoms with Crippen LogP contribution in [0.3, 0.4) is 0 Å². The Kier molecular flexibility index (Phi) is 10.7. The van der Waals surface area contributed by atoms with Crippen molar-refractivity contribution in [2.45, 2.75) is 44.7 Å². The quantitative estimate of drug-likeness (QED) is 0.240. The molecule has 6 nitrogen and oxygen atoms in total. The number of hydrogen-bond donors (Lipinski definition) is 3. The number of halogens is 2. The second-order valence-corrected chi connectivity index (χ2v) is 12.8. The van der Waals surface area contributed by atoms with Crippen molar-refractivity contribution >= 4 is 34.9 Å². The van der Waals surface area contributed by atoms with Crippen molar-refractivity contribution in [3.63, 3.8) is 0 Å². The molecule has 3 N–H and O–H groups in total. The van der Waals surface area contributed by atoms with Crippen molar-refractivity contribution in [3.8, 4) is 11.1 Å². The van der Waals surface area contributed by atoms with Crippen LogP contribution in [0, 0.1) is 5.92 Å². The predicted octanol–water partition coefficient (Wildman–Crippen LogP) is 7.22. The lowest BCUT2D eigenvalue weighted by atomic mass is 9.89. The lowest BCUT2D eigenvalue weighted by molar-refractivity contribution is 0.175. The van der Waals surface area contributed by atoms with Gasteiger partial charge < -0.3 is 20.9 Å². The molecule has 0 spiro atoms. The standard InChI is InChI=1S/C34H43Cl2N5O/c1-37-34(42)39-21-24-7-13-41(14-8-24)23-26-15-25(16-29(17-26)30-18-31(35)20-32(36)19-30)22-38-33-5-3-27(4-6-33)28-9-11-40(2)12-10-28/h3-6,15-20,24,28,38H,7-14,21-23H2,1-2H3,(H2,37,39,42). The fourth-order valence-corrected chi connectivity index (χ4v) is 6.72. The smallest absolute Gasteiger partial charge is 0.314 e. The average Bonchev–Trinajstić information content (AvgIpc) is 2.99. The Labute approximate surface area is 260 Å². The SMILES string of the molecule is CNC(=O)NCC1CCN(Cc2cc(CNc3ccc(C4CCN(C)CC4)cc3)cc(-c3cc(Cl)cc(Cl)c3)c2)CC1. The van der Waals surface area contributed by atoms with E-state index < -0.39 is 0 Å². The molecule has 224 valence electrons. The number of benzene rings is 3. The van der Waals surface area contributed by atoms with Gasteiger partial charge in [0.25, 0.3) is 0 Å². The Balaban J connectivity index is 1.26. The second-order valence-electron chi connectivity index (χ2n) is 11.9. The van der Waals surface area contributed by atoms with Crippen molar-refractivity contribution in [2.75, 3.05) is 52.1 Å². The van der Waals surface area contributed by atoms with Gasteiger partial charge in [-0.2, -0.15) is 0 Å². The maximum absolute atomic E-state index is 11.6. The van der Waals surface area contributed by atoms with Gasteiger partial charge in [0.05, 0.1) is 0 Å². The molecule has 2 saturated heterocycles. The molecule has 42 heavy (non-hydrogen) atoms. The summed E-state index contributed by atoms with van der Waals surface area (Å²) >= 11 is 12.8. The number of piperidine rings is 2. The van der Waals surface area contributed by atoms with E-state index in [0.29, 0.717) is 21.9 Å². The highest BCUT2D eigenvalue weighted by Crippen LogP contribution is 2.31. The van der Waals surface area contributed by atoms with Crippen LogP contribution in [-0.2, 0) is 13.1 Å². The van der Waals surface area contributed by atoms with E-state index in [1.807, 2.05) is 12.1 Å². The molecule has 0 aromatic heterocycles. The third kappa shape index (κ3) is 8.63. The maximum atomic E-state index is 11.6. The van der Waals surface area contributed by atoms with Gasteiger partial charge in [-0.3, -0.25) is 4.90 Å². The first-order chi connectivity index (χ1) is 20.3. The third-order valence-corrected chi connectivity index (χ3v) is 9.17. The van der Waals surface area contributed by atoms with Gasteiger partial charge in [-0.1, -0.05) is 41.4 Å². The molecule has 0 radical (unpaired) electrons. The molecule has 2 heterocycles. The first kappa shape index (κ1) is 30.7. The van der Waals surface area contributed by atoms with Gasteiger partial charge in [0.1, 0.15) is 0 Å². The molecule has 3 aromatic rings. The number of hydrogen-bond acceptors (Lipinski definition) is 4. The van der Waals surface area contributed by atoms with E-state index >= 15 is 0 Å². The molecule has 0 unspecified atom stereocenters. The highest BCUT2D eigenvalue weighted by molar-refractivity contribution is 6.35. The van der Waals surface area contributed by atoms with E-state index in [-0.39, 0.29) is 6.03 Å². The molecule has 2 amide bonds. The lowest BCUT2D eigenvalue weighted by Gasteiger charge is -2.32. The summed E-state index contributed by atoms with van der Waals surface area (Å²) in [5.41, 5.74) is 7.23. The molecule has 0 atom stereocenters. The largest absolute Gasteiger partial charge is 0.381 e. The van der Waals surface area contributed by atoms with Crippen LogP contribution < -0.4 is 16.0 Å². The number of nitrogens with one attached hydrogen (secondary N) is 3. The molecule has 0 saturated carbocycles. The van der Waals surface area contributed by atoms with Crippen molar-refractivity contribution < 1.29 is 4.79 Å². The van der Waals surface area contributed by atoms with Crippen LogP contribution in [0.15, 0.2) is 60.7 Å². The monoisotopic (exact) mass is 607 g/mol. The van der Waals surface area contributed by atoms with E-state index in [1.165, 1.54) is 42.6 Å². The normalized spacial score (nSPS) is 17.2. The summed E-state index contributed by atoms with van der Waals surface area (Å²) in [6.07, 6.45) is 4.62. The molecule has 0 aliphatic carbocycles. The minimum Gasteiger partial charge on any atom is -0.381 e. The minimum absolute atomic E-state index is 0.107. The van der Waals surface area contributed by atoms with Crippen molar-refractivity contribution in [3.05, 3.63) is 87.4 Å². The van der Waals surface area contributed by atoms with Crippen molar-refractivity contribution in [1.29, 1.82) is 0 Å². The zero-order valence-corrected chi connectivity index (χ0v) is 26.3. The van der Waals surface area contributed by atoms with Gasteiger partial charge >= 0.3 is 6.03 Å². The average molecular weight is 609 g/mol. The predicted molar refractivity (Wildman–Crippen MR) is 176 cm³/mol. The minimum atomic E-state index is -0.107. The first-order valence-corrected chi connectivity index (χ1v) is 15.9. The molecule has 2 aliphatic heterocycles. The van der Waals surface area contributed by atoms with Crippen LogP contribution in [0.4, 0.5) is 10.5 Å². The summed E-state index contributed by atoms with van der Waals surface area (Å²) in [6.45, 7) is 6.73. The topological polar surface area (TPSA) is 59.6 Å². The van der Waals surface area contributed by atoms with Gasteiger partial charge in [0.15, 0.2) is 0 Å². The number of anilines is 1. The molecule has 8 heteroatoms. The lowest BCUT2D eigenvalue weighted by Crippen LogP contribution is -2.40. The second kappa shape index (κ2) is 14.6. The van der Waals surface area contributed by atoms with Gasteiger partial charge in [0.2, 0.25) is 0 Å².